The zero-order chi connectivity index (χ0) is 37.0. The summed E-state index contributed by atoms with van der Waals surface area (Å²) >= 11 is 13.1. The number of aliphatic hydroxyl groups is 1. The zero-order valence-corrected chi connectivity index (χ0v) is 30.7. The summed E-state index contributed by atoms with van der Waals surface area (Å²) < 4.78 is 29.7. The molecule has 17 heteroatoms. The maximum absolute atomic E-state index is 13.4. The van der Waals surface area contributed by atoms with Crippen LogP contribution in [0.4, 0.5) is 10.6 Å². The molecule has 4 rings (SSSR count). The van der Waals surface area contributed by atoms with E-state index in [0.717, 1.165) is 5.06 Å². The van der Waals surface area contributed by atoms with Crippen molar-refractivity contribution in [3.8, 4) is 0 Å². The van der Waals surface area contributed by atoms with Gasteiger partial charge in [0.15, 0.2) is 23.2 Å². The van der Waals surface area contributed by atoms with E-state index in [4.69, 9.17) is 51.7 Å². The van der Waals surface area contributed by atoms with E-state index in [1.54, 1.807) is 85.7 Å². The molecule has 0 bridgehead atoms. The lowest BCUT2D eigenvalue weighted by molar-refractivity contribution is -0.197. The maximum Gasteiger partial charge on any atom is 0.440 e. The third kappa shape index (κ3) is 9.00. The Labute approximate surface area is 300 Å². The van der Waals surface area contributed by atoms with Gasteiger partial charge in [-0.05, 0) is 72.6 Å². The molecule has 50 heavy (non-hydrogen) atoms. The third-order valence-electron chi connectivity index (χ3n) is 7.06. The van der Waals surface area contributed by atoms with Crippen molar-refractivity contribution in [3.63, 3.8) is 0 Å². The number of carbonyl (C=O) groups excluding carboxylic acids is 3. The number of amides is 1. The number of rotatable bonds is 12. The standard InChI is InChI=1S/C33H43Cl2N5O10/c1-9-45-27(42)33(28(43)46-10-2,16-19-14-12-11-13-15-19)47-17-20-23(41)21(34)26(48-20)39-18-36-22-24(39)37-29(35)38-25(22)40(50-32(6,7)8)30(44)49-31(3,4)5/h11-15,18,20-21,23,26,41H,9-10,16-17H2,1-8H3/t20-,21+,23-,26-/m1/s1. The fourth-order valence-electron chi connectivity index (χ4n) is 5.01. The van der Waals surface area contributed by atoms with Gasteiger partial charge in [0.2, 0.25) is 5.28 Å². The lowest BCUT2D eigenvalue weighted by atomic mass is 9.93. The molecule has 1 amide bonds. The predicted molar refractivity (Wildman–Crippen MR) is 182 cm³/mol. The Morgan fingerprint density at radius 1 is 0.980 bits per heavy atom. The molecule has 1 N–H and O–H groups in total. The number of aliphatic hydroxyl groups excluding tert-OH is 1. The van der Waals surface area contributed by atoms with Crippen molar-refractivity contribution in [2.45, 2.75) is 102 Å². The number of anilines is 1. The van der Waals surface area contributed by atoms with E-state index in [-0.39, 0.29) is 41.9 Å². The average molecular weight is 741 g/mol. The van der Waals surface area contributed by atoms with Gasteiger partial charge < -0.3 is 28.8 Å². The highest BCUT2D eigenvalue weighted by Gasteiger charge is 2.53. The van der Waals surface area contributed by atoms with Gasteiger partial charge in [-0.3, -0.25) is 9.40 Å². The molecular formula is C33H43Cl2N5O10. The SMILES string of the molecule is CCOC(=O)C(Cc1ccccc1)(OC[C@H]1O[C@@H](n2cnc3c(N(OC(C)(C)C)C(=O)OC(C)(C)C)nc(Cl)nc32)[C@@H](Cl)[C@@H]1O)C(=O)OCC. The molecule has 1 saturated heterocycles. The molecule has 1 aliphatic rings. The summed E-state index contributed by atoms with van der Waals surface area (Å²) in [6.45, 7) is 13.0. The number of ether oxygens (including phenoxy) is 5. The van der Waals surface area contributed by atoms with Gasteiger partial charge >= 0.3 is 18.0 Å². The molecule has 1 fully saturated rings. The number of fused-ring (bicyclic) bond motifs is 1. The molecule has 1 aromatic carbocycles. The van der Waals surface area contributed by atoms with Crippen LogP contribution >= 0.6 is 23.2 Å². The molecule has 0 unspecified atom stereocenters. The van der Waals surface area contributed by atoms with Gasteiger partial charge in [0.1, 0.15) is 23.2 Å². The van der Waals surface area contributed by atoms with E-state index in [1.807, 2.05) is 0 Å². The van der Waals surface area contributed by atoms with Crippen LogP contribution in [0.5, 0.6) is 0 Å². The Kier molecular flexibility index (Phi) is 12.3. The predicted octanol–water partition coefficient (Wildman–Crippen LogP) is 4.94. The number of hydrogen-bond donors (Lipinski definition) is 1. The molecule has 3 heterocycles. The number of esters is 2. The van der Waals surface area contributed by atoms with Gasteiger partial charge in [0, 0.05) is 6.42 Å². The summed E-state index contributed by atoms with van der Waals surface area (Å²) in [7, 11) is 0. The van der Waals surface area contributed by atoms with Crippen molar-refractivity contribution in [3.05, 3.63) is 47.5 Å². The monoisotopic (exact) mass is 739 g/mol. The number of benzene rings is 1. The molecule has 0 saturated carbocycles. The highest BCUT2D eigenvalue weighted by Crippen LogP contribution is 2.38. The summed E-state index contributed by atoms with van der Waals surface area (Å²) in [5.74, 6) is -2.03. The second-order valence-electron chi connectivity index (χ2n) is 13.4. The van der Waals surface area contributed by atoms with Crippen LogP contribution in [-0.4, -0.2) is 96.9 Å². The summed E-state index contributed by atoms with van der Waals surface area (Å²) in [6, 6.07) is 8.75. The lowest BCUT2D eigenvalue weighted by Gasteiger charge is -2.31. The van der Waals surface area contributed by atoms with Crippen molar-refractivity contribution in [1.29, 1.82) is 0 Å². The Balaban J connectivity index is 1.68. The number of hydroxylamine groups is 1. The number of alkyl halides is 1. The molecule has 0 radical (unpaired) electrons. The second kappa shape index (κ2) is 15.7. The van der Waals surface area contributed by atoms with Gasteiger partial charge in [-0.15, -0.1) is 16.7 Å². The van der Waals surface area contributed by atoms with Gasteiger partial charge in [0.05, 0.1) is 31.7 Å². The van der Waals surface area contributed by atoms with Crippen LogP contribution < -0.4 is 5.06 Å². The Morgan fingerprint density at radius 2 is 1.60 bits per heavy atom. The number of aromatic nitrogens is 4. The molecule has 274 valence electrons. The number of nitrogens with zero attached hydrogens (tertiary/aromatic N) is 5. The number of hydrogen-bond acceptors (Lipinski definition) is 13. The number of halogens is 2. The van der Waals surface area contributed by atoms with Crippen LogP contribution in [0, 0.1) is 0 Å². The molecular weight excluding hydrogens is 697 g/mol. The first-order chi connectivity index (χ1) is 23.4. The highest BCUT2D eigenvalue weighted by molar-refractivity contribution is 6.28. The lowest BCUT2D eigenvalue weighted by Crippen LogP contribution is -2.54. The maximum atomic E-state index is 13.4. The van der Waals surface area contributed by atoms with Crippen molar-refractivity contribution < 1.29 is 48.0 Å². The van der Waals surface area contributed by atoms with Crippen LogP contribution in [0.15, 0.2) is 36.7 Å². The smallest absolute Gasteiger partial charge is 0.440 e. The van der Waals surface area contributed by atoms with E-state index >= 15 is 0 Å². The van der Waals surface area contributed by atoms with Gasteiger partial charge in [0.25, 0.3) is 5.60 Å². The summed E-state index contributed by atoms with van der Waals surface area (Å²) in [5.41, 5.74) is -3.19. The summed E-state index contributed by atoms with van der Waals surface area (Å²) in [6.07, 6.45) is -3.39. The molecule has 2 aromatic heterocycles. The second-order valence-corrected chi connectivity index (χ2v) is 14.2. The normalized spacial score (nSPS) is 19.7. The average Bonchev–Trinajstić information content (AvgIpc) is 3.56. The fourth-order valence-corrected chi connectivity index (χ4v) is 5.52. The van der Waals surface area contributed by atoms with Crippen molar-refractivity contribution in [2.24, 2.45) is 0 Å². The Hall–Kier alpha value is -3.60. The third-order valence-corrected chi connectivity index (χ3v) is 7.70. The first-order valence-electron chi connectivity index (χ1n) is 16.0. The first-order valence-corrected chi connectivity index (χ1v) is 16.8. The van der Waals surface area contributed by atoms with Crippen LogP contribution in [0.25, 0.3) is 11.2 Å². The minimum absolute atomic E-state index is 0.0290. The topological polar surface area (TPSA) is 174 Å². The minimum atomic E-state index is -2.22. The molecule has 4 atom stereocenters. The van der Waals surface area contributed by atoms with Crippen LogP contribution in [0.3, 0.4) is 0 Å². The summed E-state index contributed by atoms with van der Waals surface area (Å²) in [5, 5.41) is 10.7. The van der Waals surface area contributed by atoms with Crippen molar-refractivity contribution >= 4 is 58.2 Å². The van der Waals surface area contributed by atoms with E-state index in [1.165, 1.54) is 10.9 Å². The van der Waals surface area contributed by atoms with E-state index in [9.17, 15) is 19.5 Å². The van der Waals surface area contributed by atoms with Crippen molar-refractivity contribution in [1.82, 2.24) is 19.5 Å². The Bertz CT molecular complexity index is 1640. The largest absolute Gasteiger partial charge is 0.463 e. The minimum Gasteiger partial charge on any atom is -0.463 e. The fraction of sp³-hybridized carbons (Fsp3) is 0.576. The van der Waals surface area contributed by atoms with E-state index in [2.05, 4.69) is 15.0 Å². The first kappa shape index (κ1) is 39.2. The van der Waals surface area contributed by atoms with Gasteiger partial charge in [-0.2, -0.15) is 9.97 Å². The van der Waals surface area contributed by atoms with Crippen LogP contribution in [0.2, 0.25) is 5.28 Å². The van der Waals surface area contributed by atoms with Gasteiger partial charge in [-0.25, -0.2) is 19.4 Å². The van der Waals surface area contributed by atoms with Crippen LogP contribution in [0.1, 0.15) is 67.2 Å². The van der Waals surface area contributed by atoms with Crippen LogP contribution in [-0.2, 0) is 44.5 Å². The molecule has 15 nitrogen and oxygen atoms in total. The molecule has 3 aromatic rings. The Morgan fingerprint density at radius 3 is 2.16 bits per heavy atom. The van der Waals surface area contributed by atoms with E-state index in [0.29, 0.717) is 5.56 Å². The van der Waals surface area contributed by atoms with Crippen molar-refractivity contribution in [2.75, 3.05) is 24.9 Å². The molecule has 1 aliphatic heterocycles. The zero-order valence-electron chi connectivity index (χ0n) is 29.2. The molecule has 0 spiro atoms. The van der Waals surface area contributed by atoms with E-state index < -0.39 is 65.3 Å². The quantitative estimate of drug-likeness (QED) is 0.0661. The van der Waals surface area contributed by atoms with Gasteiger partial charge in [-0.1, -0.05) is 30.3 Å². The molecule has 0 aliphatic carbocycles. The number of imidazole rings is 1. The number of carbonyl (C=O) groups is 3. The highest BCUT2D eigenvalue weighted by atomic mass is 35.5. The summed E-state index contributed by atoms with van der Waals surface area (Å²) in [4.78, 5) is 59.0.